The Kier molecular flexibility index (Phi) is 15.7. The van der Waals surface area contributed by atoms with Crippen LogP contribution >= 0.6 is 0 Å². The van der Waals surface area contributed by atoms with Crippen molar-refractivity contribution >= 4 is 57.9 Å². The second-order valence-electron chi connectivity index (χ2n) is 0.600. The van der Waals surface area contributed by atoms with Gasteiger partial charge in [-0.1, -0.05) is 0 Å². The predicted octanol–water partition coefficient (Wildman–Crippen LogP) is -5.65. The van der Waals surface area contributed by atoms with Gasteiger partial charge in [-0.3, -0.25) is 0 Å². The van der Waals surface area contributed by atoms with E-state index in [9.17, 15) is 0 Å². The van der Waals surface area contributed by atoms with Gasteiger partial charge in [0.05, 0.1) is 0 Å². The summed E-state index contributed by atoms with van der Waals surface area (Å²) in [5.74, 6) is 0. The Hall–Kier alpha value is 2.63. The fraction of sp³-hybridized carbons (Fsp3) is 0. The summed E-state index contributed by atoms with van der Waals surface area (Å²) >= 11 is 0. The maximum absolute atomic E-state index is 7.33. The summed E-state index contributed by atoms with van der Waals surface area (Å²) in [4.78, 5) is 29.3. The molecule has 4 nitrogen and oxygen atoms in total. The minimum absolute atomic E-state index is 0. The van der Waals surface area contributed by atoms with Crippen molar-refractivity contribution in [3.8, 4) is 0 Å². The molecule has 0 radical (unpaired) electrons. The van der Waals surface area contributed by atoms with Crippen LogP contribution in [0.4, 0.5) is 0 Å². The molecule has 0 spiro atoms. The molecule has 0 aromatic heterocycles. The maximum Gasteiger partial charge on any atom is 2.00 e. The Labute approximate surface area is 109 Å². The second kappa shape index (κ2) is 6.74. The molecular formula is H7BaNaO4Si. The van der Waals surface area contributed by atoms with Crippen molar-refractivity contribution in [2.24, 2.45) is 0 Å². The average molecular weight is 259 g/mol. The van der Waals surface area contributed by atoms with E-state index in [4.69, 9.17) is 19.2 Å². The normalized spacial score (nSPS) is 8.57. The van der Waals surface area contributed by atoms with Gasteiger partial charge in [0.15, 0.2) is 0 Å². The summed E-state index contributed by atoms with van der Waals surface area (Å²) in [6.07, 6.45) is 0. The fourth-order valence-corrected chi connectivity index (χ4v) is 0. The Morgan fingerprint density at radius 3 is 1.00 bits per heavy atom. The summed E-state index contributed by atoms with van der Waals surface area (Å²) in [5, 5.41) is 0. The van der Waals surface area contributed by atoms with Gasteiger partial charge in [-0.05, 0) is 0 Å². The van der Waals surface area contributed by atoms with Crippen LogP contribution in [0.15, 0.2) is 0 Å². The van der Waals surface area contributed by atoms with Gasteiger partial charge in [0.25, 0.3) is 0 Å². The molecule has 0 heterocycles. The Bertz CT molecular complexity index is 36.0. The van der Waals surface area contributed by atoms with Gasteiger partial charge >= 0.3 is 87.5 Å². The van der Waals surface area contributed by atoms with Crippen molar-refractivity contribution in [1.82, 2.24) is 0 Å². The van der Waals surface area contributed by atoms with Crippen LogP contribution in [0, 0.1) is 0 Å². The van der Waals surface area contributed by atoms with Gasteiger partial charge in [0.1, 0.15) is 0 Å². The van der Waals surface area contributed by atoms with Crippen LogP contribution in [0.3, 0.4) is 0 Å². The second-order valence-corrected chi connectivity index (χ2v) is 1.80. The van der Waals surface area contributed by atoms with Crippen molar-refractivity contribution in [2.45, 2.75) is 0 Å². The first-order valence-corrected chi connectivity index (χ1v) is 2.68. The number of hydrogen-bond donors (Lipinski definition) is 4. The molecule has 0 fully saturated rings. The maximum atomic E-state index is 7.33. The van der Waals surface area contributed by atoms with E-state index in [1.54, 1.807) is 0 Å². The predicted molar refractivity (Wildman–Crippen MR) is 23.7 cm³/mol. The van der Waals surface area contributed by atoms with E-state index in [0.29, 0.717) is 0 Å². The van der Waals surface area contributed by atoms with Crippen LogP contribution in [0.1, 0.15) is 4.28 Å². The van der Waals surface area contributed by atoms with Crippen molar-refractivity contribution in [3.63, 3.8) is 0 Å². The zero-order chi connectivity index (χ0) is 4.50. The molecule has 0 unspecified atom stereocenters. The van der Waals surface area contributed by atoms with E-state index in [0.717, 1.165) is 0 Å². The molecule has 0 aliphatic rings. The minimum atomic E-state index is -4.61. The third kappa shape index (κ3) is 54.9. The molecule has 0 saturated carbocycles. The smallest absolute Gasteiger partial charge is 1.00 e. The van der Waals surface area contributed by atoms with Crippen LogP contribution in [0.5, 0.6) is 0 Å². The summed E-state index contributed by atoms with van der Waals surface area (Å²) in [6, 6.07) is 0. The van der Waals surface area contributed by atoms with E-state index < -0.39 is 9.05 Å². The van der Waals surface area contributed by atoms with Gasteiger partial charge in [-0.15, -0.1) is 0 Å². The van der Waals surface area contributed by atoms with Crippen LogP contribution < -0.4 is 29.6 Å². The van der Waals surface area contributed by atoms with Crippen molar-refractivity contribution < 1.29 is 53.0 Å². The molecule has 0 aliphatic carbocycles. The molecule has 0 aromatic carbocycles. The van der Waals surface area contributed by atoms with Crippen LogP contribution in [0.25, 0.3) is 0 Å². The summed E-state index contributed by atoms with van der Waals surface area (Å²) in [7, 11) is -4.61. The molecule has 0 rings (SSSR count). The van der Waals surface area contributed by atoms with Gasteiger partial charge in [0.2, 0.25) is 0 Å². The zero-order valence-corrected chi connectivity index (χ0v) is 11.4. The van der Waals surface area contributed by atoms with Gasteiger partial charge < -0.3 is 23.5 Å². The Morgan fingerprint density at radius 1 is 1.00 bits per heavy atom. The van der Waals surface area contributed by atoms with Crippen molar-refractivity contribution in [1.29, 1.82) is 0 Å². The third-order valence-corrected chi connectivity index (χ3v) is 0. The molecule has 0 aliphatic heterocycles. The quantitative estimate of drug-likeness (QED) is 0.327. The Morgan fingerprint density at radius 2 is 1.00 bits per heavy atom. The summed E-state index contributed by atoms with van der Waals surface area (Å²) in [5.41, 5.74) is 0. The molecule has 0 amide bonds. The topological polar surface area (TPSA) is 80.9 Å². The Balaban J connectivity index is -0.00000000800. The van der Waals surface area contributed by atoms with Gasteiger partial charge in [-0.25, -0.2) is 0 Å². The molecular weight excluding hydrogens is 252 g/mol. The molecule has 38 valence electrons. The van der Waals surface area contributed by atoms with Crippen LogP contribution in [-0.2, 0) is 0 Å². The molecule has 0 bridgehead atoms. The first-order valence-electron chi connectivity index (χ1n) is 0.894. The van der Waals surface area contributed by atoms with E-state index in [1.807, 2.05) is 0 Å². The van der Waals surface area contributed by atoms with Gasteiger partial charge in [-0.2, -0.15) is 0 Å². The van der Waals surface area contributed by atoms with E-state index in [2.05, 4.69) is 0 Å². The first-order chi connectivity index (χ1) is 2.00. The van der Waals surface area contributed by atoms with Crippen molar-refractivity contribution in [3.05, 3.63) is 0 Å². The van der Waals surface area contributed by atoms with Crippen molar-refractivity contribution in [2.75, 3.05) is 0 Å². The number of rotatable bonds is 0. The average Bonchev–Trinajstić information content (AvgIpc) is 0.722. The molecule has 0 aromatic rings. The van der Waals surface area contributed by atoms with Gasteiger partial charge in [0, 0.05) is 0 Å². The minimum Gasteiger partial charge on any atom is -1.00 e. The van der Waals surface area contributed by atoms with E-state index >= 15 is 0 Å². The zero-order valence-electron chi connectivity index (χ0n) is 7.00. The van der Waals surface area contributed by atoms with Crippen LogP contribution in [0.2, 0.25) is 0 Å². The summed E-state index contributed by atoms with van der Waals surface area (Å²) < 4.78 is 0. The first kappa shape index (κ1) is 16.3. The van der Waals surface area contributed by atoms with Crippen LogP contribution in [-0.4, -0.2) is 77.1 Å². The molecule has 7 heteroatoms. The van der Waals surface area contributed by atoms with E-state index in [1.165, 1.54) is 0 Å². The van der Waals surface area contributed by atoms with E-state index in [-0.39, 0.29) is 82.7 Å². The molecule has 7 heavy (non-hydrogen) atoms. The standard InChI is InChI=1S/Ba.Na.H4O4Si.3H/c;;1-5(2,3)4;;;/h;;1-4H;;;/q+2;+1;;3*-1. The molecule has 0 saturated heterocycles. The molecule has 0 atom stereocenters. The monoisotopic (exact) mass is 260 g/mol. The largest absolute Gasteiger partial charge is 2.00 e. The SMILES string of the molecule is O[Si](O)(O)O.[Ba+2].[H-].[H-].[H-].[Na+]. The fourth-order valence-electron chi connectivity index (χ4n) is 0. The number of hydrogen-bond acceptors (Lipinski definition) is 4. The molecule has 4 N–H and O–H groups in total. The third-order valence-electron chi connectivity index (χ3n) is 0. The summed E-state index contributed by atoms with van der Waals surface area (Å²) in [6.45, 7) is 0.